The maximum atomic E-state index is 12.7. The standard InChI is InChI=1S/C32H39N3O2/c1-21(2)27-17-29-30(33)14-24(15-31(29)34-18-27)13-22(3)26-10-9-25-11-12-35(19-28(25)16-26)32(36)37-20-23-7-5-4-6-8-23/h4-10,16-18,21-22,24,30H,11-15,19-20,33H2,1-3H3. The first kappa shape index (κ1) is 25.5. The Morgan fingerprint density at radius 1 is 1.08 bits per heavy atom. The third-order valence-electron chi connectivity index (χ3n) is 8.12. The van der Waals surface area contributed by atoms with Gasteiger partial charge >= 0.3 is 6.09 Å². The third kappa shape index (κ3) is 5.88. The van der Waals surface area contributed by atoms with Gasteiger partial charge in [0, 0.05) is 31.0 Å². The van der Waals surface area contributed by atoms with Crippen molar-refractivity contribution in [2.24, 2.45) is 11.7 Å². The summed E-state index contributed by atoms with van der Waals surface area (Å²) in [6, 6.07) is 19.0. The summed E-state index contributed by atoms with van der Waals surface area (Å²) in [4.78, 5) is 19.4. The molecule has 37 heavy (non-hydrogen) atoms. The highest BCUT2D eigenvalue weighted by Crippen LogP contribution is 2.37. The third-order valence-corrected chi connectivity index (χ3v) is 8.12. The van der Waals surface area contributed by atoms with Gasteiger partial charge in [-0.15, -0.1) is 0 Å². The van der Waals surface area contributed by atoms with Gasteiger partial charge in [-0.25, -0.2) is 4.79 Å². The molecule has 2 N–H and O–H groups in total. The number of benzene rings is 2. The summed E-state index contributed by atoms with van der Waals surface area (Å²) < 4.78 is 5.59. The summed E-state index contributed by atoms with van der Waals surface area (Å²) in [5, 5.41) is 0. The summed E-state index contributed by atoms with van der Waals surface area (Å²) in [6.45, 7) is 8.32. The predicted octanol–water partition coefficient (Wildman–Crippen LogP) is 6.66. The second kappa shape index (κ2) is 11.1. The van der Waals surface area contributed by atoms with Crippen molar-refractivity contribution in [1.82, 2.24) is 9.88 Å². The van der Waals surface area contributed by atoms with E-state index in [1.807, 2.05) is 41.4 Å². The normalized spacial score (nSPS) is 19.8. The molecule has 1 aromatic heterocycles. The first-order chi connectivity index (χ1) is 17.9. The van der Waals surface area contributed by atoms with E-state index in [0.717, 1.165) is 31.2 Å². The molecule has 0 fully saturated rings. The minimum atomic E-state index is -0.240. The molecule has 3 aromatic rings. The van der Waals surface area contributed by atoms with Crippen molar-refractivity contribution in [2.75, 3.05) is 6.54 Å². The fraction of sp³-hybridized carbons (Fsp3) is 0.438. The van der Waals surface area contributed by atoms with Crippen LogP contribution in [0.2, 0.25) is 0 Å². The Bertz CT molecular complexity index is 1240. The second-order valence-electron chi connectivity index (χ2n) is 11.2. The molecule has 1 aliphatic carbocycles. The van der Waals surface area contributed by atoms with Gasteiger partial charge in [-0.2, -0.15) is 0 Å². The predicted molar refractivity (Wildman–Crippen MR) is 147 cm³/mol. The minimum absolute atomic E-state index is 0.0612. The molecule has 3 atom stereocenters. The molecular formula is C32H39N3O2. The van der Waals surface area contributed by atoms with E-state index in [1.165, 1.54) is 33.5 Å². The van der Waals surface area contributed by atoms with Crippen molar-refractivity contribution in [1.29, 1.82) is 0 Å². The van der Waals surface area contributed by atoms with Gasteiger partial charge in [0.1, 0.15) is 6.61 Å². The summed E-state index contributed by atoms with van der Waals surface area (Å²) in [7, 11) is 0. The van der Waals surface area contributed by atoms with Crippen LogP contribution >= 0.6 is 0 Å². The summed E-state index contributed by atoms with van der Waals surface area (Å²) in [5.74, 6) is 1.41. The lowest BCUT2D eigenvalue weighted by Gasteiger charge is -2.32. The average Bonchev–Trinajstić information content (AvgIpc) is 2.91. The number of ether oxygens (including phenoxy) is 1. The van der Waals surface area contributed by atoms with Gasteiger partial charge in [0.25, 0.3) is 0 Å². The number of amides is 1. The quantitative estimate of drug-likeness (QED) is 0.414. The van der Waals surface area contributed by atoms with Gasteiger partial charge in [-0.1, -0.05) is 75.4 Å². The van der Waals surface area contributed by atoms with Crippen molar-refractivity contribution in [2.45, 2.75) is 77.5 Å². The monoisotopic (exact) mass is 497 g/mol. The minimum Gasteiger partial charge on any atom is -0.445 e. The second-order valence-corrected chi connectivity index (χ2v) is 11.2. The van der Waals surface area contributed by atoms with Crippen LogP contribution in [0.1, 0.15) is 90.6 Å². The average molecular weight is 498 g/mol. The van der Waals surface area contributed by atoms with E-state index in [0.29, 0.717) is 37.5 Å². The Kier molecular flexibility index (Phi) is 7.61. The molecule has 2 aliphatic rings. The number of fused-ring (bicyclic) bond motifs is 2. The van der Waals surface area contributed by atoms with Crippen LogP contribution < -0.4 is 5.73 Å². The maximum absolute atomic E-state index is 12.7. The Balaban J connectivity index is 1.21. The lowest BCUT2D eigenvalue weighted by atomic mass is 9.77. The number of carbonyl (C=O) groups excluding carboxylic acids is 1. The lowest BCUT2D eigenvalue weighted by Crippen LogP contribution is -2.36. The van der Waals surface area contributed by atoms with Gasteiger partial charge in [-0.05, 0) is 76.8 Å². The van der Waals surface area contributed by atoms with Gasteiger partial charge < -0.3 is 15.4 Å². The topological polar surface area (TPSA) is 68.5 Å². The van der Waals surface area contributed by atoms with Crippen LogP contribution in [0.15, 0.2) is 60.8 Å². The molecule has 2 heterocycles. The van der Waals surface area contributed by atoms with Crippen LogP contribution in [0.4, 0.5) is 4.79 Å². The Hall–Kier alpha value is -3.18. The Morgan fingerprint density at radius 2 is 1.89 bits per heavy atom. The van der Waals surface area contributed by atoms with Crippen molar-refractivity contribution in [3.05, 3.63) is 99.9 Å². The molecule has 0 bridgehead atoms. The molecule has 2 aromatic carbocycles. The molecule has 5 rings (SSSR count). The van der Waals surface area contributed by atoms with Crippen LogP contribution in [-0.2, 0) is 30.7 Å². The van der Waals surface area contributed by atoms with Crippen molar-refractivity contribution >= 4 is 6.09 Å². The molecule has 3 unspecified atom stereocenters. The fourth-order valence-corrected chi connectivity index (χ4v) is 5.84. The van der Waals surface area contributed by atoms with E-state index in [4.69, 9.17) is 15.5 Å². The first-order valence-corrected chi connectivity index (χ1v) is 13.7. The number of rotatable bonds is 6. The highest BCUT2D eigenvalue weighted by molar-refractivity contribution is 5.68. The molecule has 5 nitrogen and oxygen atoms in total. The molecule has 0 radical (unpaired) electrons. The van der Waals surface area contributed by atoms with Crippen LogP contribution in [0.25, 0.3) is 0 Å². The highest BCUT2D eigenvalue weighted by Gasteiger charge is 2.28. The zero-order valence-corrected chi connectivity index (χ0v) is 22.3. The number of carbonyl (C=O) groups is 1. The van der Waals surface area contributed by atoms with E-state index >= 15 is 0 Å². The van der Waals surface area contributed by atoms with E-state index in [-0.39, 0.29) is 12.1 Å². The van der Waals surface area contributed by atoms with Crippen LogP contribution in [0.3, 0.4) is 0 Å². The fourth-order valence-electron chi connectivity index (χ4n) is 5.84. The molecule has 0 saturated heterocycles. The van der Waals surface area contributed by atoms with E-state index in [2.05, 4.69) is 45.0 Å². The summed E-state index contributed by atoms with van der Waals surface area (Å²) in [6.07, 6.45) is 5.74. The Labute approximate surface area is 221 Å². The molecule has 0 spiro atoms. The van der Waals surface area contributed by atoms with Crippen molar-refractivity contribution < 1.29 is 9.53 Å². The van der Waals surface area contributed by atoms with E-state index in [9.17, 15) is 4.79 Å². The largest absolute Gasteiger partial charge is 0.445 e. The number of nitrogens with zero attached hydrogens (tertiary/aromatic N) is 2. The van der Waals surface area contributed by atoms with Crippen LogP contribution in [0.5, 0.6) is 0 Å². The molecule has 5 heteroatoms. The summed E-state index contributed by atoms with van der Waals surface area (Å²) in [5.41, 5.74) is 15.2. The van der Waals surface area contributed by atoms with Crippen molar-refractivity contribution in [3.8, 4) is 0 Å². The number of hydrogen-bond acceptors (Lipinski definition) is 4. The lowest BCUT2D eigenvalue weighted by molar-refractivity contribution is 0.0918. The van der Waals surface area contributed by atoms with Gasteiger partial charge in [0.2, 0.25) is 0 Å². The molecule has 1 amide bonds. The smallest absolute Gasteiger partial charge is 0.410 e. The SMILES string of the molecule is CC(C)c1cnc2c(c1)C(N)CC(CC(C)c1ccc3c(c1)CN(C(=O)OCc1ccccc1)CC3)C2. The van der Waals surface area contributed by atoms with Crippen molar-refractivity contribution in [3.63, 3.8) is 0 Å². The number of pyridine rings is 1. The number of hydrogen-bond donors (Lipinski definition) is 1. The molecule has 194 valence electrons. The van der Waals surface area contributed by atoms with E-state index in [1.54, 1.807) is 0 Å². The molecule has 0 saturated carbocycles. The molecule has 1 aliphatic heterocycles. The zero-order chi connectivity index (χ0) is 25.9. The zero-order valence-electron chi connectivity index (χ0n) is 22.3. The number of aromatic nitrogens is 1. The summed E-state index contributed by atoms with van der Waals surface area (Å²) >= 11 is 0. The highest BCUT2D eigenvalue weighted by atomic mass is 16.6. The first-order valence-electron chi connectivity index (χ1n) is 13.7. The van der Waals surface area contributed by atoms with Gasteiger partial charge in [-0.3, -0.25) is 4.98 Å². The van der Waals surface area contributed by atoms with Gasteiger partial charge in [0.15, 0.2) is 0 Å². The van der Waals surface area contributed by atoms with Gasteiger partial charge in [0.05, 0.1) is 0 Å². The van der Waals surface area contributed by atoms with Crippen LogP contribution in [-0.4, -0.2) is 22.5 Å². The number of nitrogens with two attached hydrogens (primary N) is 1. The molecular weight excluding hydrogens is 458 g/mol. The van der Waals surface area contributed by atoms with Crippen LogP contribution in [0, 0.1) is 5.92 Å². The Morgan fingerprint density at radius 3 is 2.68 bits per heavy atom. The van der Waals surface area contributed by atoms with E-state index < -0.39 is 0 Å². The maximum Gasteiger partial charge on any atom is 0.410 e.